The lowest BCUT2D eigenvalue weighted by Crippen LogP contribution is -2.24. The lowest BCUT2D eigenvalue weighted by molar-refractivity contribution is -0.137. The molecule has 0 aliphatic rings. The minimum atomic E-state index is -4.50. The topological polar surface area (TPSA) is 80.2 Å². The van der Waals surface area contributed by atoms with Crippen molar-refractivity contribution in [2.75, 3.05) is 13.7 Å². The summed E-state index contributed by atoms with van der Waals surface area (Å²) in [5, 5.41) is 13.3. The van der Waals surface area contributed by atoms with E-state index >= 15 is 0 Å². The van der Waals surface area contributed by atoms with Gasteiger partial charge in [0, 0.05) is 0 Å². The van der Waals surface area contributed by atoms with E-state index < -0.39 is 24.3 Å². The van der Waals surface area contributed by atoms with Gasteiger partial charge < -0.3 is 14.6 Å². The highest BCUT2D eigenvalue weighted by Crippen LogP contribution is 2.34. The van der Waals surface area contributed by atoms with Crippen molar-refractivity contribution in [3.63, 3.8) is 0 Å². The lowest BCUT2D eigenvalue weighted by Gasteiger charge is -2.09. The van der Waals surface area contributed by atoms with Gasteiger partial charge in [-0.15, -0.1) is 0 Å². The van der Waals surface area contributed by atoms with Crippen LogP contribution >= 0.6 is 11.6 Å². The summed E-state index contributed by atoms with van der Waals surface area (Å²) >= 11 is 5.82. The van der Waals surface area contributed by atoms with Crippen LogP contribution in [0.1, 0.15) is 11.1 Å². The van der Waals surface area contributed by atoms with Crippen LogP contribution < -0.4 is 14.9 Å². The van der Waals surface area contributed by atoms with E-state index in [1.54, 1.807) is 0 Å². The molecule has 27 heavy (non-hydrogen) atoms. The summed E-state index contributed by atoms with van der Waals surface area (Å²) in [7, 11) is 1.35. The van der Waals surface area contributed by atoms with Crippen molar-refractivity contribution < 1.29 is 32.5 Å². The fourth-order valence-electron chi connectivity index (χ4n) is 1.95. The third-order valence-corrected chi connectivity index (χ3v) is 3.49. The number of hydrogen-bond acceptors (Lipinski definition) is 5. The SMILES string of the molecule is COc1cc(/C=N/NC(=O)COc2cccc(C(F)(F)F)c2)cc(Cl)c1O. The molecular formula is C17H14ClF3N2O4. The van der Waals surface area contributed by atoms with E-state index in [4.69, 9.17) is 21.1 Å². The van der Waals surface area contributed by atoms with Crippen LogP contribution in [0.5, 0.6) is 17.2 Å². The Kier molecular flexibility index (Phi) is 6.51. The zero-order valence-electron chi connectivity index (χ0n) is 13.9. The molecule has 1 amide bonds. The minimum Gasteiger partial charge on any atom is -0.503 e. The van der Waals surface area contributed by atoms with E-state index in [1.807, 2.05) is 0 Å². The molecule has 2 rings (SSSR count). The van der Waals surface area contributed by atoms with Gasteiger partial charge in [0.1, 0.15) is 5.75 Å². The van der Waals surface area contributed by atoms with Gasteiger partial charge in [-0.05, 0) is 35.9 Å². The number of carbonyl (C=O) groups is 1. The molecule has 0 aliphatic heterocycles. The first-order valence-electron chi connectivity index (χ1n) is 7.39. The third-order valence-electron chi connectivity index (χ3n) is 3.20. The van der Waals surface area contributed by atoms with E-state index in [1.165, 1.54) is 37.6 Å². The lowest BCUT2D eigenvalue weighted by atomic mass is 10.2. The van der Waals surface area contributed by atoms with Crippen molar-refractivity contribution in [2.45, 2.75) is 6.18 Å². The molecule has 2 aromatic carbocycles. The quantitative estimate of drug-likeness (QED) is 0.571. The predicted octanol–water partition coefficient (Wildman–Crippen LogP) is 3.60. The van der Waals surface area contributed by atoms with E-state index in [9.17, 15) is 23.1 Å². The number of phenolic OH excluding ortho intramolecular Hbond substituents is 1. The van der Waals surface area contributed by atoms with Gasteiger partial charge in [-0.1, -0.05) is 17.7 Å². The molecule has 144 valence electrons. The first-order chi connectivity index (χ1) is 12.7. The number of hydrazone groups is 1. The average molecular weight is 403 g/mol. The summed E-state index contributed by atoms with van der Waals surface area (Å²) in [6.45, 7) is -0.529. The van der Waals surface area contributed by atoms with Crippen molar-refractivity contribution in [3.8, 4) is 17.2 Å². The number of amides is 1. The van der Waals surface area contributed by atoms with Gasteiger partial charge in [-0.25, -0.2) is 5.43 Å². The van der Waals surface area contributed by atoms with Crippen molar-refractivity contribution in [1.29, 1.82) is 0 Å². The number of aromatic hydroxyl groups is 1. The summed E-state index contributed by atoms with van der Waals surface area (Å²) in [6.07, 6.45) is -3.26. The maximum atomic E-state index is 12.6. The highest BCUT2D eigenvalue weighted by atomic mass is 35.5. The number of ether oxygens (including phenoxy) is 2. The summed E-state index contributed by atoms with van der Waals surface area (Å²) in [5.74, 6) is -0.877. The van der Waals surface area contributed by atoms with Gasteiger partial charge in [0.25, 0.3) is 5.91 Å². The zero-order chi connectivity index (χ0) is 20.0. The Morgan fingerprint density at radius 2 is 2.07 bits per heavy atom. The van der Waals surface area contributed by atoms with Crippen LogP contribution in [0.4, 0.5) is 13.2 Å². The molecule has 0 fully saturated rings. The van der Waals surface area contributed by atoms with Crippen LogP contribution in [0.2, 0.25) is 5.02 Å². The Balaban J connectivity index is 1.92. The monoisotopic (exact) mass is 402 g/mol. The average Bonchev–Trinajstić information content (AvgIpc) is 2.62. The number of nitrogens with one attached hydrogen (secondary N) is 1. The number of hydrogen-bond donors (Lipinski definition) is 2. The molecule has 0 saturated carbocycles. The molecule has 0 unspecified atom stereocenters. The molecule has 0 radical (unpaired) electrons. The Morgan fingerprint density at radius 3 is 2.74 bits per heavy atom. The second-order valence-electron chi connectivity index (χ2n) is 5.16. The number of nitrogens with zero attached hydrogens (tertiary/aromatic N) is 1. The molecule has 0 atom stereocenters. The number of carbonyl (C=O) groups excluding carboxylic acids is 1. The smallest absolute Gasteiger partial charge is 0.416 e. The van der Waals surface area contributed by atoms with Crippen molar-refractivity contribution in [1.82, 2.24) is 5.43 Å². The zero-order valence-corrected chi connectivity index (χ0v) is 14.6. The molecule has 0 saturated heterocycles. The largest absolute Gasteiger partial charge is 0.503 e. The Hall–Kier alpha value is -2.94. The fourth-order valence-corrected chi connectivity index (χ4v) is 2.17. The van der Waals surface area contributed by atoms with Crippen molar-refractivity contribution >= 4 is 23.7 Å². The minimum absolute atomic E-state index is 0.0370. The molecule has 0 aromatic heterocycles. The molecule has 2 N–H and O–H groups in total. The Morgan fingerprint density at radius 1 is 1.33 bits per heavy atom. The number of alkyl halides is 3. The van der Waals surface area contributed by atoms with E-state index in [0.717, 1.165) is 12.1 Å². The molecule has 0 heterocycles. The van der Waals surface area contributed by atoms with E-state index in [0.29, 0.717) is 5.56 Å². The normalized spacial score (nSPS) is 11.4. The molecule has 0 spiro atoms. The number of phenols is 1. The standard InChI is InChI=1S/C17H14ClF3N2O4/c1-26-14-6-10(5-13(18)16(14)25)8-22-23-15(24)9-27-12-4-2-3-11(7-12)17(19,20)21/h2-8,25H,9H2,1H3,(H,23,24)/b22-8+. The highest BCUT2D eigenvalue weighted by molar-refractivity contribution is 6.32. The Bertz CT molecular complexity index is 857. The van der Waals surface area contributed by atoms with Gasteiger partial charge in [-0.2, -0.15) is 18.3 Å². The summed E-state index contributed by atoms with van der Waals surface area (Å²) in [4.78, 5) is 11.7. The summed E-state index contributed by atoms with van der Waals surface area (Å²) in [5.41, 5.74) is 1.72. The van der Waals surface area contributed by atoms with Crippen LogP contribution in [0.15, 0.2) is 41.5 Å². The third kappa shape index (κ3) is 5.78. The van der Waals surface area contributed by atoms with Crippen LogP contribution in [-0.2, 0) is 11.0 Å². The first kappa shape index (κ1) is 20.4. The van der Waals surface area contributed by atoms with Gasteiger partial charge in [0.05, 0.1) is 23.9 Å². The number of methoxy groups -OCH3 is 1. The second kappa shape index (κ2) is 8.63. The summed E-state index contributed by atoms with van der Waals surface area (Å²) < 4.78 is 47.8. The molecule has 2 aromatic rings. The van der Waals surface area contributed by atoms with Crippen LogP contribution in [0, 0.1) is 0 Å². The number of rotatable bonds is 6. The van der Waals surface area contributed by atoms with Crippen molar-refractivity contribution in [3.05, 3.63) is 52.5 Å². The summed E-state index contributed by atoms with van der Waals surface area (Å²) in [6, 6.07) is 7.01. The van der Waals surface area contributed by atoms with E-state index in [2.05, 4.69) is 10.5 Å². The molecular weight excluding hydrogens is 389 g/mol. The fraction of sp³-hybridized carbons (Fsp3) is 0.176. The second-order valence-corrected chi connectivity index (χ2v) is 5.57. The number of halogens is 4. The van der Waals surface area contributed by atoms with Crippen LogP contribution in [0.3, 0.4) is 0 Å². The molecule has 10 heteroatoms. The Labute approximate surface area is 157 Å². The van der Waals surface area contributed by atoms with Crippen LogP contribution in [-0.4, -0.2) is 30.9 Å². The maximum absolute atomic E-state index is 12.6. The van der Waals surface area contributed by atoms with Gasteiger partial charge >= 0.3 is 6.18 Å². The number of benzene rings is 2. The first-order valence-corrected chi connectivity index (χ1v) is 7.77. The predicted molar refractivity (Wildman–Crippen MR) is 92.3 cm³/mol. The molecule has 0 bridgehead atoms. The van der Waals surface area contributed by atoms with Gasteiger partial charge in [0.2, 0.25) is 0 Å². The van der Waals surface area contributed by atoms with Gasteiger partial charge in [0.15, 0.2) is 18.1 Å². The highest BCUT2D eigenvalue weighted by Gasteiger charge is 2.30. The van der Waals surface area contributed by atoms with Gasteiger partial charge in [-0.3, -0.25) is 4.79 Å². The van der Waals surface area contributed by atoms with E-state index in [-0.39, 0.29) is 22.3 Å². The molecule has 6 nitrogen and oxygen atoms in total. The van der Waals surface area contributed by atoms with Crippen LogP contribution in [0.25, 0.3) is 0 Å². The maximum Gasteiger partial charge on any atom is 0.416 e. The molecule has 0 aliphatic carbocycles. The van der Waals surface area contributed by atoms with Crippen molar-refractivity contribution in [2.24, 2.45) is 5.10 Å².